The molecule has 0 atom stereocenters. The first-order valence-electron chi connectivity index (χ1n) is 3.46. The van der Waals surface area contributed by atoms with Gasteiger partial charge in [-0.05, 0) is 0 Å². The summed E-state index contributed by atoms with van der Waals surface area (Å²) in [4.78, 5) is 0. The van der Waals surface area contributed by atoms with E-state index in [9.17, 15) is 0 Å². The molecule has 0 aromatic heterocycles. The number of nitrogens with zero attached hydrogens (tertiary/aromatic N) is 3. The van der Waals surface area contributed by atoms with Crippen LogP contribution in [0.1, 0.15) is 0 Å². The Balaban J connectivity index is -0.000000101. The Bertz CT molecular complexity index is 46.5. The molecule has 0 unspecified atom stereocenters. The van der Waals surface area contributed by atoms with Crippen LogP contribution in [0.25, 0.3) is 0 Å². The summed E-state index contributed by atoms with van der Waals surface area (Å²) >= 11 is 3.70. The molecule has 0 spiro atoms. The number of hydrogen-bond donors (Lipinski definition) is 0. The predicted molar refractivity (Wildman–Crippen MR) is 62.5 cm³/mol. The van der Waals surface area contributed by atoms with E-state index >= 15 is 0 Å². The third-order valence-corrected chi connectivity index (χ3v) is 0. The fourth-order valence-corrected chi connectivity index (χ4v) is 0. The molecule has 0 amide bonds. The van der Waals surface area contributed by atoms with Gasteiger partial charge >= 0.3 is 120 Å². The standard InChI is InChI=1S/3C2H6N.3Sn.3H/c3*1-3-2;;;;;;/h3*1-2H3;;;;;;/q3*-1;3*+1;;;. The predicted octanol–water partition coefficient (Wildman–Crippen LogP) is -1.91. The summed E-state index contributed by atoms with van der Waals surface area (Å²) in [6.07, 6.45) is 0. The molecule has 3 nitrogen and oxygen atoms in total. The Kier molecular flexibility index (Phi) is 25.9. The van der Waals surface area contributed by atoms with E-state index in [1.807, 2.05) is 0 Å². The molecule has 12 heavy (non-hydrogen) atoms. The molecule has 0 heterocycles. The quantitative estimate of drug-likeness (QED) is 0.367. The second kappa shape index (κ2) is 15.7. The molecule has 0 saturated carbocycles. The van der Waals surface area contributed by atoms with Crippen molar-refractivity contribution in [3.8, 4) is 0 Å². The van der Waals surface area contributed by atoms with Crippen LogP contribution >= 0.6 is 0 Å². The van der Waals surface area contributed by atoms with Crippen LogP contribution in [-0.4, -0.2) is 120 Å². The third kappa shape index (κ3) is 301. The summed E-state index contributed by atoms with van der Waals surface area (Å²) in [5, 5.41) is 0. The van der Waals surface area contributed by atoms with Gasteiger partial charge in [0.2, 0.25) is 0 Å². The molecule has 0 N–H and O–H groups in total. The molecule has 0 rings (SSSR count). The fourth-order valence-electron chi connectivity index (χ4n) is 0. The molecule has 0 aliphatic heterocycles. The minimum atomic E-state index is 1.23. The van der Waals surface area contributed by atoms with Crippen LogP contribution in [-0.2, 0) is 0 Å². The summed E-state index contributed by atoms with van der Waals surface area (Å²) in [5.74, 6) is 0. The van der Waals surface area contributed by atoms with E-state index in [4.69, 9.17) is 0 Å². The van der Waals surface area contributed by atoms with Crippen molar-refractivity contribution in [1.29, 1.82) is 0 Å². The van der Waals surface area contributed by atoms with E-state index < -0.39 is 0 Å². The minimum absolute atomic E-state index is 1.23. The van der Waals surface area contributed by atoms with Gasteiger partial charge in [-0.1, -0.05) is 0 Å². The Labute approximate surface area is 119 Å². The van der Waals surface area contributed by atoms with Crippen LogP contribution in [0.15, 0.2) is 0 Å². The van der Waals surface area contributed by atoms with E-state index in [2.05, 4.69) is 51.7 Å². The molecule has 6 heteroatoms. The first kappa shape index (κ1) is 19.8. The Hall–Kier alpha value is 2.28. The Morgan fingerprint density at radius 1 is 0.500 bits per heavy atom. The van der Waals surface area contributed by atoms with Gasteiger partial charge in [0.25, 0.3) is 0 Å². The van der Waals surface area contributed by atoms with Gasteiger partial charge in [0, 0.05) is 0 Å². The summed E-state index contributed by atoms with van der Waals surface area (Å²) in [7, 11) is 12.3. The monoisotopic (exact) mass is 495 g/mol. The van der Waals surface area contributed by atoms with Crippen LogP contribution in [0.5, 0.6) is 0 Å². The van der Waals surface area contributed by atoms with Crippen LogP contribution in [0.4, 0.5) is 0 Å². The number of rotatable bonds is 0. The van der Waals surface area contributed by atoms with Crippen molar-refractivity contribution in [1.82, 2.24) is 9.36 Å². The van der Waals surface area contributed by atoms with Gasteiger partial charge in [0.15, 0.2) is 0 Å². The van der Waals surface area contributed by atoms with Gasteiger partial charge < -0.3 is 0 Å². The van der Waals surface area contributed by atoms with Crippen molar-refractivity contribution in [3.05, 3.63) is 0 Å². The topological polar surface area (TPSA) is 9.72 Å². The van der Waals surface area contributed by atoms with E-state index in [1.165, 1.54) is 68.4 Å². The normalized spacial score (nSPS) is 9.00. The van der Waals surface area contributed by atoms with Crippen molar-refractivity contribution in [2.45, 2.75) is 0 Å². The summed E-state index contributed by atoms with van der Waals surface area (Å²) in [6.45, 7) is 0. The van der Waals surface area contributed by atoms with E-state index in [1.54, 1.807) is 0 Å². The second-order valence-electron chi connectivity index (χ2n) is 2.89. The van der Waals surface area contributed by atoms with Gasteiger partial charge in [0.05, 0.1) is 0 Å². The molecule has 0 fully saturated rings. The molecule has 72 valence electrons. The molecule has 6 radical (unpaired) electrons. The van der Waals surface area contributed by atoms with Crippen molar-refractivity contribution >= 4 is 68.4 Å². The van der Waals surface area contributed by atoms with Crippen LogP contribution < -0.4 is 0 Å². The van der Waals surface area contributed by atoms with Crippen molar-refractivity contribution in [2.75, 3.05) is 42.3 Å². The molecule has 0 bridgehead atoms. The molecule has 0 aromatic carbocycles. The SMILES string of the molecule is C[N](C)[SnH].C[N](C)[SnH].C[N](C)[SnH]. The van der Waals surface area contributed by atoms with E-state index in [-0.39, 0.29) is 0 Å². The number of hydrogen-bond acceptors (Lipinski definition) is 3. The Morgan fingerprint density at radius 2 is 0.500 bits per heavy atom. The van der Waals surface area contributed by atoms with Crippen LogP contribution in [0.2, 0.25) is 0 Å². The van der Waals surface area contributed by atoms with E-state index in [0.717, 1.165) is 0 Å². The zero-order chi connectivity index (χ0) is 10.7. The average molecular weight is 491 g/mol. The molecule has 0 saturated heterocycles. The van der Waals surface area contributed by atoms with Gasteiger partial charge in [0.1, 0.15) is 0 Å². The molecule has 0 aliphatic rings. The van der Waals surface area contributed by atoms with Crippen molar-refractivity contribution in [2.24, 2.45) is 0 Å². The van der Waals surface area contributed by atoms with Crippen molar-refractivity contribution < 1.29 is 0 Å². The summed E-state index contributed by atoms with van der Waals surface area (Å²) < 4.78 is 6.39. The molecular formula is C6H21N3Sn3. The second-order valence-corrected chi connectivity index (χ2v) is 11.7. The van der Waals surface area contributed by atoms with Gasteiger partial charge in [-0.2, -0.15) is 0 Å². The van der Waals surface area contributed by atoms with Crippen LogP contribution in [0.3, 0.4) is 0 Å². The van der Waals surface area contributed by atoms with Gasteiger partial charge in [-0.25, -0.2) is 0 Å². The van der Waals surface area contributed by atoms with Gasteiger partial charge in [-0.15, -0.1) is 0 Å². The zero-order valence-corrected chi connectivity index (χ0v) is 19.0. The molecule has 0 aromatic rings. The summed E-state index contributed by atoms with van der Waals surface area (Å²) in [6, 6.07) is 0. The first-order valence-corrected chi connectivity index (χ1v) is 7.88. The van der Waals surface area contributed by atoms with E-state index in [0.29, 0.717) is 0 Å². The third-order valence-electron chi connectivity index (χ3n) is 0. The maximum atomic E-state index is 2.13. The first-order chi connectivity index (χ1) is 5.20. The molecule has 0 aliphatic carbocycles. The maximum absolute atomic E-state index is 2.13. The Morgan fingerprint density at radius 3 is 0.500 bits per heavy atom. The molecular weight excluding hydrogens is 470 g/mol. The van der Waals surface area contributed by atoms with Gasteiger partial charge in [-0.3, -0.25) is 0 Å². The summed E-state index contributed by atoms with van der Waals surface area (Å²) in [5.41, 5.74) is 0. The average Bonchev–Trinajstić information content (AvgIpc) is 1.54. The van der Waals surface area contributed by atoms with Crippen LogP contribution in [0, 0.1) is 0 Å². The fraction of sp³-hybridized carbons (Fsp3) is 1.00. The van der Waals surface area contributed by atoms with Crippen molar-refractivity contribution in [3.63, 3.8) is 0 Å². The zero-order valence-electron chi connectivity index (χ0n) is 9.07.